The summed E-state index contributed by atoms with van der Waals surface area (Å²) in [6.45, 7) is 7.70. The van der Waals surface area contributed by atoms with Gasteiger partial charge >= 0.3 is 0 Å². The minimum absolute atomic E-state index is 0.0112. The van der Waals surface area contributed by atoms with Gasteiger partial charge in [0.15, 0.2) is 5.82 Å². The van der Waals surface area contributed by atoms with Gasteiger partial charge in [0.1, 0.15) is 23.8 Å². The van der Waals surface area contributed by atoms with Gasteiger partial charge in [-0.25, -0.2) is 0 Å². The molecule has 24 heavy (non-hydrogen) atoms. The predicted molar refractivity (Wildman–Crippen MR) is 89.8 cm³/mol. The van der Waals surface area contributed by atoms with Crippen molar-refractivity contribution >= 4 is 0 Å². The zero-order valence-electron chi connectivity index (χ0n) is 14.5. The van der Waals surface area contributed by atoms with Gasteiger partial charge in [-0.05, 0) is 31.0 Å². The van der Waals surface area contributed by atoms with Crippen molar-refractivity contribution in [3.05, 3.63) is 41.5 Å². The highest BCUT2D eigenvalue weighted by Crippen LogP contribution is 2.35. The topological polar surface area (TPSA) is 52.4 Å². The molecule has 6 nitrogen and oxygen atoms in total. The second-order valence-corrected chi connectivity index (χ2v) is 7.38. The van der Waals surface area contributed by atoms with Crippen LogP contribution >= 0.6 is 0 Å². The fourth-order valence-corrected chi connectivity index (χ4v) is 3.61. The first-order chi connectivity index (χ1) is 11.5. The number of hydrogen-bond donors (Lipinski definition) is 0. The first-order valence-corrected chi connectivity index (χ1v) is 8.49. The van der Waals surface area contributed by atoms with E-state index in [0.717, 1.165) is 44.2 Å². The lowest BCUT2D eigenvalue weighted by molar-refractivity contribution is -0.0385. The molecule has 0 aliphatic carbocycles. The molecule has 0 unspecified atom stereocenters. The molecule has 0 amide bonds. The first kappa shape index (κ1) is 15.6. The Morgan fingerprint density at radius 2 is 2.21 bits per heavy atom. The zero-order chi connectivity index (χ0) is 16.7. The molecule has 6 heteroatoms. The smallest absolute Gasteiger partial charge is 0.163 e. The average molecular weight is 328 g/mol. The summed E-state index contributed by atoms with van der Waals surface area (Å²) in [4.78, 5) is 2.42. The molecule has 1 atom stereocenters. The minimum atomic E-state index is -0.0871. The highest BCUT2D eigenvalue weighted by atomic mass is 16.5. The van der Waals surface area contributed by atoms with E-state index < -0.39 is 0 Å². The Kier molecular flexibility index (Phi) is 3.81. The molecular weight excluding hydrogens is 304 g/mol. The Bertz CT molecular complexity index is 740. The normalized spacial score (nSPS) is 23.0. The molecule has 1 fully saturated rings. The molecule has 0 spiro atoms. The molecule has 4 rings (SSSR count). The summed E-state index contributed by atoms with van der Waals surface area (Å²) in [6, 6.07) is 6.57. The maximum atomic E-state index is 5.97. The standard InChI is InChI=1S/C18H24N4O2/c1-18(2)9-14-8-13(4-5-15(14)24-18)10-22-6-7-23-16(11-22)17-20-19-12-21(17)3/h4-5,8,12,16H,6-7,9-11H2,1-3H3/t16-/m1/s1. The van der Waals surface area contributed by atoms with Gasteiger partial charge in [0.2, 0.25) is 0 Å². The van der Waals surface area contributed by atoms with Gasteiger partial charge in [0, 0.05) is 33.1 Å². The van der Waals surface area contributed by atoms with Gasteiger partial charge in [0.25, 0.3) is 0 Å². The quantitative estimate of drug-likeness (QED) is 0.864. The molecular formula is C18H24N4O2. The molecule has 2 aromatic rings. The summed E-state index contributed by atoms with van der Waals surface area (Å²) >= 11 is 0. The van der Waals surface area contributed by atoms with E-state index in [9.17, 15) is 0 Å². The van der Waals surface area contributed by atoms with E-state index in [2.05, 4.69) is 47.1 Å². The minimum Gasteiger partial charge on any atom is -0.487 e. The molecule has 128 valence electrons. The van der Waals surface area contributed by atoms with Crippen molar-refractivity contribution in [1.29, 1.82) is 0 Å². The van der Waals surface area contributed by atoms with E-state index in [0.29, 0.717) is 0 Å². The van der Waals surface area contributed by atoms with Gasteiger partial charge in [-0.2, -0.15) is 0 Å². The van der Waals surface area contributed by atoms with Crippen molar-refractivity contribution in [2.45, 2.75) is 38.5 Å². The third-order valence-corrected chi connectivity index (χ3v) is 4.72. The fraction of sp³-hybridized carbons (Fsp3) is 0.556. The molecule has 3 heterocycles. The summed E-state index contributed by atoms with van der Waals surface area (Å²) in [5.41, 5.74) is 2.56. The van der Waals surface area contributed by atoms with Crippen LogP contribution in [0.5, 0.6) is 5.75 Å². The number of rotatable bonds is 3. The average Bonchev–Trinajstić information content (AvgIpc) is 3.08. The number of fused-ring (bicyclic) bond motifs is 1. The van der Waals surface area contributed by atoms with Gasteiger partial charge in [-0.3, -0.25) is 4.90 Å². The summed E-state index contributed by atoms with van der Waals surface area (Å²) in [7, 11) is 1.96. The van der Waals surface area contributed by atoms with E-state index in [-0.39, 0.29) is 11.7 Å². The van der Waals surface area contributed by atoms with Crippen molar-refractivity contribution in [1.82, 2.24) is 19.7 Å². The summed E-state index contributed by atoms with van der Waals surface area (Å²) in [5, 5.41) is 8.15. The van der Waals surface area contributed by atoms with Crippen LogP contribution in [-0.4, -0.2) is 45.0 Å². The van der Waals surface area contributed by atoms with Crippen LogP contribution in [0.2, 0.25) is 0 Å². The largest absolute Gasteiger partial charge is 0.487 e. The highest BCUT2D eigenvalue weighted by Gasteiger charge is 2.30. The number of nitrogens with zero attached hydrogens (tertiary/aromatic N) is 4. The second kappa shape index (κ2) is 5.86. The lowest BCUT2D eigenvalue weighted by Crippen LogP contribution is -2.38. The van der Waals surface area contributed by atoms with E-state index >= 15 is 0 Å². The summed E-state index contributed by atoms with van der Waals surface area (Å²) < 4.78 is 13.8. The zero-order valence-corrected chi connectivity index (χ0v) is 14.5. The SMILES string of the molecule is Cn1cnnc1[C@H]1CN(Cc2ccc3c(c2)CC(C)(C)O3)CCO1. The van der Waals surface area contributed by atoms with Gasteiger partial charge in [0.05, 0.1) is 6.61 Å². The van der Waals surface area contributed by atoms with Crippen LogP contribution in [0.4, 0.5) is 0 Å². The van der Waals surface area contributed by atoms with Crippen molar-refractivity contribution in [2.75, 3.05) is 19.7 Å². The molecule has 2 aliphatic heterocycles. The maximum absolute atomic E-state index is 5.97. The van der Waals surface area contributed by atoms with E-state index in [1.807, 2.05) is 11.6 Å². The van der Waals surface area contributed by atoms with Crippen LogP contribution in [0.1, 0.15) is 36.9 Å². The Hall–Kier alpha value is -1.92. The first-order valence-electron chi connectivity index (χ1n) is 8.49. The lowest BCUT2D eigenvalue weighted by Gasteiger charge is -2.32. The van der Waals surface area contributed by atoms with Crippen molar-refractivity contribution in [2.24, 2.45) is 7.05 Å². The number of benzene rings is 1. The monoisotopic (exact) mass is 328 g/mol. The Morgan fingerprint density at radius 3 is 3.00 bits per heavy atom. The Morgan fingerprint density at radius 1 is 1.33 bits per heavy atom. The number of aromatic nitrogens is 3. The fourth-order valence-electron chi connectivity index (χ4n) is 3.61. The van der Waals surface area contributed by atoms with Crippen molar-refractivity contribution < 1.29 is 9.47 Å². The van der Waals surface area contributed by atoms with Crippen LogP contribution in [0, 0.1) is 0 Å². The highest BCUT2D eigenvalue weighted by molar-refractivity contribution is 5.41. The van der Waals surface area contributed by atoms with Gasteiger partial charge < -0.3 is 14.0 Å². The molecule has 1 aromatic carbocycles. The molecule has 0 saturated carbocycles. The van der Waals surface area contributed by atoms with Crippen LogP contribution < -0.4 is 4.74 Å². The lowest BCUT2D eigenvalue weighted by atomic mass is 10.00. The number of aryl methyl sites for hydroxylation is 1. The maximum Gasteiger partial charge on any atom is 0.163 e. The molecule has 2 aliphatic rings. The van der Waals surface area contributed by atoms with E-state index in [1.54, 1.807) is 6.33 Å². The van der Waals surface area contributed by atoms with Crippen molar-refractivity contribution in [3.63, 3.8) is 0 Å². The molecule has 0 bridgehead atoms. The van der Waals surface area contributed by atoms with Crippen LogP contribution in [0.3, 0.4) is 0 Å². The number of hydrogen-bond acceptors (Lipinski definition) is 5. The van der Waals surface area contributed by atoms with Crippen LogP contribution in [0.15, 0.2) is 24.5 Å². The number of ether oxygens (including phenoxy) is 2. The number of morpholine rings is 1. The Labute approximate surface area is 142 Å². The second-order valence-electron chi connectivity index (χ2n) is 7.38. The Balaban J connectivity index is 1.45. The summed E-state index contributed by atoms with van der Waals surface area (Å²) in [6.07, 6.45) is 2.68. The van der Waals surface area contributed by atoms with E-state index in [1.165, 1.54) is 11.1 Å². The van der Waals surface area contributed by atoms with E-state index in [4.69, 9.17) is 9.47 Å². The molecule has 1 aromatic heterocycles. The molecule has 1 saturated heterocycles. The van der Waals surface area contributed by atoms with Crippen molar-refractivity contribution in [3.8, 4) is 5.75 Å². The predicted octanol–water partition coefficient (Wildman–Crippen LogP) is 2.10. The van der Waals surface area contributed by atoms with Gasteiger partial charge in [-0.15, -0.1) is 10.2 Å². The van der Waals surface area contributed by atoms with Gasteiger partial charge in [-0.1, -0.05) is 12.1 Å². The summed E-state index contributed by atoms with van der Waals surface area (Å²) in [5.74, 6) is 1.92. The third-order valence-electron chi connectivity index (χ3n) is 4.72. The molecule has 0 radical (unpaired) electrons. The van der Waals surface area contributed by atoms with Crippen LogP contribution in [0.25, 0.3) is 0 Å². The van der Waals surface area contributed by atoms with Crippen LogP contribution in [-0.2, 0) is 24.8 Å². The molecule has 0 N–H and O–H groups in total. The third kappa shape index (κ3) is 3.03.